The lowest BCUT2D eigenvalue weighted by atomic mass is 10.2. The van der Waals surface area contributed by atoms with E-state index in [4.69, 9.17) is 0 Å². The summed E-state index contributed by atoms with van der Waals surface area (Å²) in [6.45, 7) is 0.738. The van der Waals surface area contributed by atoms with E-state index in [-0.39, 0.29) is 0 Å². The molecule has 0 aliphatic rings. The molecule has 0 spiro atoms. The number of rotatable bonds is 5. The van der Waals surface area contributed by atoms with E-state index in [1.54, 1.807) is 18.5 Å². The van der Waals surface area contributed by atoms with Crippen molar-refractivity contribution in [1.82, 2.24) is 20.2 Å². The molecular formula is C13H11N5S2. The molecule has 2 aromatic heterocycles. The summed E-state index contributed by atoms with van der Waals surface area (Å²) in [6, 6.07) is 12.0. The molecule has 2 heterocycles. The molecule has 0 saturated heterocycles. The van der Waals surface area contributed by atoms with Crippen LogP contribution in [0.15, 0.2) is 58.3 Å². The van der Waals surface area contributed by atoms with Crippen LogP contribution in [-0.2, 0) is 6.54 Å². The van der Waals surface area contributed by atoms with Gasteiger partial charge >= 0.3 is 0 Å². The molecule has 0 bridgehead atoms. The second-order valence-electron chi connectivity index (χ2n) is 3.85. The Hall–Kier alpha value is -1.99. The summed E-state index contributed by atoms with van der Waals surface area (Å²) in [7, 11) is 0. The molecule has 0 radical (unpaired) electrons. The minimum atomic E-state index is 0.679. The van der Waals surface area contributed by atoms with Crippen LogP contribution < -0.4 is 5.32 Å². The van der Waals surface area contributed by atoms with E-state index in [1.807, 2.05) is 18.2 Å². The third kappa shape index (κ3) is 3.52. The van der Waals surface area contributed by atoms with E-state index in [1.165, 1.54) is 28.7 Å². The van der Waals surface area contributed by atoms with Gasteiger partial charge in [0.2, 0.25) is 5.13 Å². The van der Waals surface area contributed by atoms with Crippen molar-refractivity contribution < 1.29 is 0 Å². The van der Waals surface area contributed by atoms with Gasteiger partial charge in [0, 0.05) is 18.9 Å². The number of hydrogen-bond donors (Lipinski definition) is 1. The molecule has 3 rings (SSSR count). The maximum atomic E-state index is 4.15. The molecule has 3 aromatic rings. The minimum Gasteiger partial charge on any atom is -0.356 e. The number of anilines is 1. The van der Waals surface area contributed by atoms with Crippen molar-refractivity contribution in [2.45, 2.75) is 16.0 Å². The summed E-state index contributed by atoms with van der Waals surface area (Å²) >= 11 is 2.91. The van der Waals surface area contributed by atoms with Crippen LogP contribution in [0.2, 0.25) is 0 Å². The third-order valence-electron chi connectivity index (χ3n) is 2.41. The van der Waals surface area contributed by atoms with E-state index in [0.717, 1.165) is 16.0 Å². The zero-order valence-electron chi connectivity index (χ0n) is 10.4. The third-order valence-corrected chi connectivity index (χ3v) is 4.24. The number of nitrogens with one attached hydrogen (secondary N) is 1. The first-order valence-electron chi connectivity index (χ1n) is 5.96. The predicted molar refractivity (Wildman–Crippen MR) is 79.8 cm³/mol. The van der Waals surface area contributed by atoms with Gasteiger partial charge in [-0.15, -0.1) is 10.2 Å². The number of nitrogens with zero attached hydrogens (tertiary/aromatic N) is 4. The quantitative estimate of drug-likeness (QED) is 0.731. The lowest BCUT2D eigenvalue weighted by Crippen LogP contribution is -1.98. The van der Waals surface area contributed by atoms with E-state index in [0.29, 0.717) is 5.16 Å². The van der Waals surface area contributed by atoms with Crippen molar-refractivity contribution in [1.29, 1.82) is 0 Å². The SMILES string of the molecule is c1ccc(CNc2nnc(Sc3ncccn3)s2)cc1. The largest absolute Gasteiger partial charge is 0.356 e. The second-order valence-corrected chi connectivity index (χ2v) is 6.04. The van der Waals surface area contributed by atoms with Crippen LogP contribution in [0.3, 0.4) is 0 Å². The van der Waals surface area contributed by atoms with Gasteiger partial charge in [0.1, 0.15) is 0 Å². The first-order chi connectivity index (χ1) is 9.90. The van der Waals surface area contributed by atoms with E-state index in [9.17, 15) is 0 Å². The van der Waals surface area contributed by atoms with Gasteiger partial charge < -0.3 is 5.32 Å². The number of benzene rings is 1. The summed E-state index contributed by atoms with van der Waals surface area (Å²) in [6.07, 6.45) is 3.43. The highest BCUT2D eigenvalue weighted by Gasteiger charge is 2.07. The van der Waals surface area contributed by atoms with Crippen LogP contribution in [-0.4, -0.2) is 20.2 Å². The van der Waals surface area contributed by atoms with Gasteiger partial charge in [0.05, 0.1) is 0 Å². The zero-order valence-corrected chi connectivity index (χ0v) is 12.1. The van der Waals surface area contributed by atoms with Crippen LogP contribution in [0.4, 0.5) is 5.13 Å². The maximum absolute atomic E-state index is 4.15. The predicted octanol–water partition coefficient (Wildman–Crippen LogP) is 3.09. The monoisotopic (exact) mass is 301 g/mol. The summed E-state index contributed by atoms with van der Waals surface area (Å²) in [5, 5.41) is 13.0. The van der Waals surface area contributed by atoms with Gasteiger partial charge in [0.25, 0.3) is 0 Å². The molecule has 0 amide bonds. The Bertz CT molecular complexity index is 657. The molecule has 5 nitrogen and oxygen atoms in total. The molecule has 0 unspecified atom stereocenters. The average molecular weight is 301 g/mol. The highest BCUT2D eigenvalue weighted by Crippen LogP contribution is 2.29. The molecular weight excluding hydrogens is 290 g/mol. The fourth-order valence-electron chi connectivity index (χ4n) is 1.51. The Morgan fingerprint density at radius 3 is 2.60 bits per heavy atom. The van der Waals surface area contributed by atoms with Gasteiger partial charge in [-0.25, -0.2) is 9.97 Å². The highest BCUT2D eigenvalue weighted by atomic mass is 32.2. The van der Waals surface area contributed by atoms with Crippen LogP contribution in [0.5, 0.6) is 0 Å². The summed E-state index contributed by atoms with van der Waals surface area (Å²) in [4.78, 5) is 8.29. The normalized spacial score (nSPS) is 10.4. The molecule has 0 aliphatic carbocycles. The first-order valence-corrected chi connectivity index (χ1v) is 7.59. The Labute approximate surface area is 124 Å². The van der Waals surface area contributed by atoms with Gasteiger partial charge in [-0.05, 0) is 23.4 Å². The van der Waals surface area contributed by atoms with Crippen LogP contribution >= 0.6 is 23.1 Å². The van der Waals surface area contributed by atoms with Crippen molar-refractivity contribution in [3.8, 4) is 0 Å². The van der Waals surface area contributed by atoms with E-state index < -0.39 is 0 Å². The molecule has 0 aliphatic heterocycles. The number of hydrogen-bond acceptors (Lipinski definition) is 7. The van der Waals surface area contributed by atoms with Crippen molar-refractivity contribution in [2.75, 3.05) is 5.32 Å². The van der Waals surface area contributed by atoms with E-state index >= 15 is 0 Å². The fraction of sp³-hybridized carbons (Fsp3) is 0.0769. The molecule has 0 saturated carbocycles. The van der Waals surface area contributed by atoms with Crippen LogP contribution in [0.1, 0.15) is 5.56 Å². The molecule has 0 atom stereocenters. The highest BCUT2D eigenvalue weighted by molar-refractivity contribution is 8.00. The van der Waals surface area contributed by atoms with Gasteiger partial charge in [-0.3, -0.25) is 0 Å². The molecule has 0 fully saturated rings. The van der Waals surface area contributed by atoms with Crippen molar-refractivity contribution in [3.05, 3.63) is 54.4 Å². The summed E-state index contributed by atoms with van der Waals surface area (Å²) in [5.74, 6) is 0. The van der Waals surface area contributed by atoms with Crippen LogP contribution in [0, 0.1) is 0 Å². The lowest BCUT2D eigenvalue weighted by Gasteiger charge is -2.00. The zero-order chi connectivity index (χ0) is 13.6. The maximum Gasteiger partial charge on any atom is 0.206 e. The smallest absolute Gasteiger partial charge is 0.206 e. The molecule has 1 aromatic carbocycles. The standard InChI is InChI=1S/C13H11N5S2/c1-2-5-10(6-3-1)9-16-12-17-18-13(20-12)19-11-14-7-4-8-15-11/h1-8H,9H2,(H,16,17). The Kier molecular flexibility index (Phi) is 4.19. The second kappa shape index (κ2) is 6.44. The Balaban J connectivity index is 1.60. The summed E-state index contributed by atoms with van der Waals surface area (Å²) in [5.41, 5.74) is 1.21. The molecule has 100 valence electrons. The van der Waals surface area contributed by atoms with Gasteiger partial charge in [0.15, 0.2) is 9.50 Å². The van der Waals surface area contributed by atoms with Crippen LogP contribution in [0.25, 0.3) is 0 Å². The van der Waals surface area contributed by atoms with E-state index in [2.05, 4.69) is 37.6 Å². The fourth-order valence-corrected chi connectivity index (χ4v) is 3.08. The molecule has 7 heteroatoms. The topological polar surface area (TPSA) is 63.6 Å². The average Bonchev–Trinajstić information content (AvgIpc) is 2.95. The minimum absolute atomic E-state index is 0.679. The number of aromatic nitrogens is 4. The van der Waals surface area contributed by atoms with Gasteiger partial charge in [-0.2, -0.15) is 0 Å². The summed E-state index contributed by atoms with van der Waals surface area (Å²) < 4.78 is 0.826. The van der Waals surface area contributed by atoms with Crippen molar-refractivity contribution in [2.24, 2.45) is 0 Å². The first kappa shape index (κ1) is 13.0. The van der Waals surface area contributed by atoms with Crippen molar-refractivity contribution in [3.63, 3.8) is 0 Å². The molecule has 1 N–H and O–H groups in total. The Morgan fingerprint density at radius 2 is 1.80 bits per heavy atom. The van der Waals surface area contributed by atoms with Crippen molar-refractivity contribution >= 4 is 28.2 Å². The molecule has 20 heavy (non-hydrogen) atoms. The lowest BCUT2D eigenvalue weighted by molar-refractivity contribution is 0.952. The Morgan fingerprint density at radius 1 is 1.00 bits per heavy atom. The van der Waals surface area contributed by atoms with Gasteiger partial charge in [-0.1, -0.05) is 41.7 Å².